The van der Waals surface area contributed by atoms with Gasteiger partial charge in [-0.05, 0) is 19.3 Å². The number of amides is 3. The molecule has 0 aromatic carbocycles. The number of likely N-dealkylation sites (tertiary alicyclic amines) is 1. The maximum Gasteiger partial charge on any atom is 0.315 e. The number of hydrogen-bond donors (Lipinski definition) is 2. The molecule has 1 rings (SSSR count). The molecule has 1 aliphatic heterocycles. The number of unbranched alkanes of at least 4 members (excludes halogenated alkanes) is 5. The van der Waals surface area contributed by atoms with Crippen molar-refractivity contribution in [1.29, 1.82) is 0 Å². The molecule has 0 spiro atoms. The highest BCUT2D eigenvalue weighted by molar-refractivity contribution is 5.76. The molecule has 0 aromatic heterocycles. The van der Waals surface area contributed by atoms with E-state index in [2.05, 4.69) is 17.6 Å². The van der Waals surface area contributed by atoms with Crippen LogP contribution in [0.1, 0.15) is 71.6 Å². The molecule has 0 atom stereocenters. The molecule has 1 fully saturated rings. The third kappa shape index (κ3) is 7.66. The van der Waals surface area contributed by atoms with Crippen molar-refractivity contribution < 1.29 is 9.59 Å². The van der Waals surface area contributed by atoms with Crippen LogP contribution >= 0.6 is 0 Å². The van der Waals surface area contributed by atoms with Crippen LogP contribution in [-0.4, -0.2) is 42.5 Å². The summed E-state index contributed by atoms with van der Waals surface area (Å²) >= 11 is 0. The van der Waals surface area contributed by atoms with Crippen molar-refractivity contribution in [3.05, 3.63) is 0 Å². The van der Waals surface area contributed by atoms with Gasteiger partial charge in [0.05, 0.1) is 0 Å². The lowest BCUT2D eigenvalue weighted by molar-refractivity contribution is -0.131. The number of carbonyl (C=O) groups excluding carboxylic acids is 2. The average molecular weight is 311 g/mol. The molecule has 1 saturated heterocycles. The van der Waals surface area contributed by atoms with Crippen molar-refractivity contribution >= 4 is 11.9 Å². The SMILES string of the molecule is CCCCCCCCNC(=O)NC1CCN(C(=O)CC)CC1. The van der Waals surface area contributed by atoms with Crippen molar-refractivity contribution in [1.82, 2.24) is 15.5 Å². The minimum Gasteiger partial charge on any atom is -0.343 e. The highest BCUT2D eigenvalue weighted by Crippen LogP contribution is 2.11. The van der Waals surface area contributed by atoms with E-state index in [1.165, 1.54) is 32.1 Å². The summed E-state index contributed by atoms with van der Waals surface area (Å²) in [6, 6.07) is 0.138. The van der Waals surface area contributed by atoms with Gasteiger partial charge in [0.1, 0.15) is 0 Å². The molecular weight excluding hydrogens is 278 g/mol. The van der Waals surface area contributed by atoms with E-state index in [9.17, 15) is 9.59 Å². The molecular formula is C17H33N3O2. The van der Waals surface area contributed by atoms with Crippen molar-refractivity contribution in [2.24, 2.45) is 0 Å². The molecule has 0 aromatic rings. The molecule has 0 bridgehead atoms. The van der Waals surface area contributed by atoms with Gasteiger partial charge in [0.15, 0.2) is 0 Å². The van der Waals surface area contributed by atoms with E-state index in [4.69, 9.17) is 0 Å². The summed E-state index contributed by atoms with van der Waals surface area (Å²) in [6.07, 6.45) is 9.68. The minimum atomic E-state index is -0.0613. The molecule has 0 aliphatic carbocycles. The standard InChI is InChI=1S/C17H33N3O2/c1-3-5-6-7-8-9-12-18-17(22)19-15-10-13-20(14-11-15)16(21)4-2/h15H,3-14H2,1-2H3,(H2,18,19,22). The van der Waals surface area contributed by atoms with Gasteiger partial charge in [-0.2, -0.15) is 0 Å². The fourth-order valence-corrected chi connectivity index (χ4v) is 2.84. The molecule has 2 N–H and O–H groups in total. The summed E-state index contributed by atoms with van der Waals surface area (Å²) < 4.78 is 0. The second-order valence-electron chi connectivity index (χ2n) is 6.18. The topological polar surface area (TPSA) is 61.4 Å². The van der Waals surface area contributed by atoms with E-state index in [1.54, 1.807) is 0 Å². The fraction of sp³-hybridized carbons (Fsp3) is 0.882. The van der Waals surface area contributed by atoms with Gasteiger partial charge >= 0.3 is 6.03 Å². The maximum absolute atomic E-state index is 11.8. The van der Waals surface area contributed by atoms with E-state index in [0.29, 0.717) is 6.42 Å². The van der Waals surface area contributed by atoms with Gasteiger partial charge in [-0.15, -0.1) is 0 Å². The average Bonchev–Trinajstić information content (AvgIpc) is 2.54. The van der Waals surface area contributed by atoms with Gasteiger partial charge in [0.2, 0.25) is 5.91 Å². The van der Waals surface area contributed by atoms with Crippen LogP contribution in [-0.2, 0) is 4.79 Å². The third-order valence-electron chi connectivity index (χ3n) is 4.30. The van der Waals surface area contributed by atoms with Crippen LogP contribution in [0.3, 0.4) is 0 Å². The van der Waals surface area contributed by atoms with E-state index >= 15 is 0 Å². The first-order valence-corrected chi connectivity index (χ1v) is 8.99. The van der Waals surface area contributed by atoms with Crippen LogP contribution in [0.2, 0.25) is 0 Å². The monoisotopic (exact) mass is 311 g/mol. The predicted octanol–water partition coefficient (Wildman–Crippen LogP) is 3.05. The maximum atomic E-state index is 11.8. The largest absolute Gasteiger partial charge is 0.343 e. The lowest BCUT2D eigenvalue weighted by Gasteiger charge is -2.32. The number of rotatable bonds is 9. The Bertz CT molecular complexity index is 326. The number of nitrogens with zero attached hydrogens (tertiary/aromatic N) is 1. The van der Waals surface area contributed by atoms with Crippen molar-refractivity contribution in [3.8, 4) is 0 Å². The molecule has 1 heterocycles. The summed E-state index contributed by atoms with van der Waals surface area (Å²) in [5.74, 6) is 0.214. The summed E-state index contributed by atoms with van der Waals surface area (Å²) in [7, 11) is 0. The molecule has 1 aliphatic rings. The Kier molecular flexibility index (Phi) is 9.67. The zero-order chi connectivity index (χ0) is 16.2. The first kappa shape index (κ1) is 18.8. The van der Waals surface area contributed by atoms with E-state index in [1.807, 2.05) is 11.8 Å². The predicted molar refractivity (Wildman–Crippen MR) is 89.8 cm³/mol. The second kappa shape index (κ2) is 11.3. The quantitative estimate of drug-likeness (QED) is 0.643. The zero-order valence-electron chi connectivity index (χ0n) is 14.3. The smallest absolute Gasteiger partial charge is 0.315 e. The minimum absolute atomic E-state index is 0.0613. The van der Waals surface area contributed by atoms with Gasteiger partial charge in [0, 0.05) is 32.1 Å². The number of hydrogen-bond acceptors (Lipinski definition) is 2. The van der Waals surface area contributed by atoms with Gasteiger partial charge < -0.3 is 15.5 Å². The summed E-state index contributed by atoms with van der Waals surface area (Å²) in [5.41, 5.74) is 0. The Balaban J connectivity index is 2.03. The first-order valence-electron chi connectivity index (χ1n) is 8.99. The van der Waals surface area contributed by atoms with Crippen LogP contribution < -0.4 is 10.6 Å². The molecule has 0 unspecified atom stereocenters. The summed E-state index contributed by atoms with van der Waals surface area (Å²) in [5, 5.41) is 5.95. The Morgan fingerprint density at radius 1 is 1.00 bits per heavy atom. The van der Waals surface area contributed by atoms with Crippen LogP contribution in [0.5, 0.6) is 0 Å². The molecule has 5 heteroatoms. The Morgan fingerprint density at radius 3 is 2.27 bits per heavy atom. The lowest BCUT2D eigenvalue weighted by Crippen LogP contribution is -2.49. The Labute approximate surface area is 135 Å². The Morgan fingerprint density at radius 2 is 1.64 bits per heavy atom. The second-order valence-corrected chi connectivity index (χ2v) is 6.18. The van der Waals surface area contributed by atoms with Crippen LogP contribution in [0.4, 0.5) is 4.79 Å². The zero-order valence-corrected chi connectivity index (χ0v) is 14.3. The van der Waals surface area contributed by atoms with Crippen molar-refractivity contribution in [2.75, 3.05) is 19.6 Å². The molecule has 0 saturated carbocycles. The highest BCUT2D eigenvalue weighted by Gasteiger charge is 2.22. The number of urea groups is 1. The van der Waals surface area contributed by atoms with Gasteiger partial charge in [-0.1, -0.05) is 46.0 Å². The summed E-state index contributed by atoms with van der Waals surface area (Å²) in [6.45, 7) is 6.38. The van der Waals surface area contributed by atoms with E-state index in [0.717, 1.165) is 38.9 Å². The van der Waals surface area contributed by atoms with Crippen molar-refractivity contribution in [3.63, 3.8) is 0 Å². The normalized spacial score (nSPS) is 15.6. The van der Waals surface area contributed by atoms with Crippen LogP contribution in [0, 0.1) is 0 Å². The van der Waals surface area contributed by atoms with Gasteiger partial charge in [-0.3, -0.25) is 4.79 Å². The first-order chi connectivity index (χ1) is 10.7. The summed E-state index contributed by atoms with van der Waals surface area (Å²) in [4.78, 5) is 25.3. The van der Waals surface area contributed by atoms with E-state index < -0.39 is 0 Å². The third-order valence-corrected chi connectivity index (χ3v) is 4.30. The lowest BCUT2D eigenvalue weighted by atomic mass is 10.0. The Hall–Kier alpha value is -1.26. The van der Waals surface area contributed by atoms with Crippen LogP contribution in [0.25, 0.3) is 0 Å². The number of carbonyl (C=O) groups is 2. The fourth-order valence-electron chi connectivity index (χ4n) is 2.84. The number of nitrogens with one attached hydrogen (secondary N) is 2. The molecule has 0 radical (unpaired) electrons. The molecule has 128 valence electrons. The molecule has 22 heavy (non-hydrogen) atoms. The van der Waals surface area contributed by atoms with Gasteiger partial charge in [0.25, 0.3) is 0 Å². The van der Waals surface area contributed by atoms with Crippen LogP contribution in [0.15, 0.2) is 0 Å². The molecule has 5 nitrogen and oxygen atoms in total. The number of piperidine rings is 1. The van der Waals surface area contributed by atoms with Crippen molar-refractivity contribution in [2.45, 2.75) is 77.7 Å². The highest BCUT2D eigenvalue weighted by atomic mass is 16.2. The van der Waals surface area contributed by atoms with E-state index in [-0.39, 0.29) is 18.0 Å². The van der Waals surface area contributed by atoms with Gasteiger partial charge in [-0.25, -0.2) is 4.79 Å². The molecule has 3 amide bonds.